The van der Waals surface area contributed by atoms with Gasteiger partial charge in [-0.15, -0.1) is 0 Å². The van der Waals surface area contributed by atoms with Gasteiger partial charge in [-0.3, -0.25) is 0 Å². The molecule has 0 radical (unpaired) electrons. The third kappa shape index (κ3) is 6.29. The lowest BCUT2D eigenvalue weighted by molar-refractivity contribution is 0.155. The normalized spacial score (nSPS) is 12.4. The summed E-state index contributed by atoms with van der Waals surface area (Å²) in [5.41, 5.74) is 1.27. The fourth-order valence-electron chi connectivity index (χ4n) is 1.46. The highest BCUT2D eigenvalue weighted by atomic mass is 16.5. The van der Waals surface area contributed by atoms with Crippen LogP contribution in [0.25, 0.3) is 0 Å². The first-order valence-corrected chi connectivity index (χ1v) is 6.33. The Bertz CT molecular complexity index is 296. The Morgan fingerprint density at radius 1 is 1.29 bits per heavy atom. The molecule has 0 amide bonds. The molecule has 3 heteroatoms. The summed E-state index contributed by atoms with van der Waals surface area (Å²) >= 11 is 0. The van der Waals surface area contributed by atoms with Gasteiger partial charge in [0.25, 0.3) is 0 Å². The van der Waals surface area contributed by atoms with Crippen LogP contribution in [0.1, 0.15) is 32.3 Å². The summed E-state index contributed by atoms with van der Waals surface area (Å²) < 4.78 is 5.52. The molecule has 0 saturated carbocycles. The Hall–Kier alpha value is -1.06. The van der Waals surface area contributed by atoms with Crippen LogP contribution in [0.2, 0.25) is 0 Å². The van der Waals surface area contributed by atoms with E-state index in [2.05, 4.69) is 24.4 Å². The van der Waals surface area contributed by atoms with Crippen molar-refractivity contribution in [3.05, 3.63) is 29.8 Å². The Balaban J connectivity index is 2.29. The molecule has 3 nitrogen and oxygen atoms in total. The van der Waals surface area contributed by atoms with Crippen LogP contribution in [-0.2, 0) is 6.54 Å². The molecular formula is C14H23NO2. The van der Waals surface area contributed by atoms with E-state index in [1.807, 2.05) is 12.1 Å². The smallest absolute Gasteiger partial charge is 0.119 e. The van der Waals surface area contributed by atoms with Crippen molar-refractivity contribution in [1.29, 1.82) is 0 Å². The largest absolute Gasteiger partial charge is 0.493 e. The third-order valence-corrected chi connectivity index (χ3v) is 2.48. The van der Waals surface area contributed by atoms with Gasteiger partial charge in [-0.25, -0.2) is 0 Å². The summed E-state index contributed by atoms with van der Waals surface area (Å²) in [6, 6.07) is 8.09. The van der Waals surface area contributed by atoms with Gasteiger partial charge in [0.15, 0.2) is 0 Å². The molecule has 1 rings (SSSR count). The van der Waals surface area contributed by atoms with E-state index >= 15 is 0 Å². The second-order valence-electron chi connectivity index (χ2n) is 4.31. The van der Waals surface area contributed by atoms with E-state index < -0.39 is 0 Å². The number of benzene rings is 1. The van der Waals surface area contributed by atoms with Gasteiger partial charge in [-0.1, -0.05) is 19.1 Å². The lowest BCUT2D eigenvalue weighted by Crippen LogP contribution is -2.13. The quantitative estimate of drug-likeness (QED) is 0.682. The number of ether oxygens (including phenoxy) is 1. The van der Waals surface area contributed by atoms with Crippen LogP contribution in [0.5, 0.6) is 5.75 Å². The third-order valence-electron chi connectivity index (χ3n) is 2.48. The van der Waals surface area contributed by atoms with Gasteiger partial charge in [0, 0.05) is 13.0 Å². The first-order chi connectivity index (χ1) is 8.22. The van der Waals surface area contributed by atoms with Crippen molar-refractivity contribution in [3.63, 3.8) is 0 Å². The molecule has 0 aliphatic heterocycles. The highest BCUT2D eigenvalue weighted by Gasteiger charge is 1.98. The maximum Gasteiger partial charge on any atom is 0.119 e. The van der Waals surface area contributed by atoms with E-state index in [-0.39, 0.29) is 6.10 Å². The summed E-state index contributed by atoms with van der Waals surface area (Å²) in [4.78, 5) is 0. The zero-order valence-corrected chi connectivity index (χ0v) is 10.8. The SMILES string of the molecule is CCCNCc1ccc(OCCC(C)O)cc1. The molecule has 1 aromatic carbocycles. The van der Waals surface area contributed by atoms with Crippen LogP contribution in [0, 0.1) is 0 Å². The van der Waals surface area contributed by atoms with Gasteiger partial charge in [0.2, 0.25) is 0 Å². The number of aliphatic hydroxyl groups is 1. The van der Waals surface area contributed by atoms with Crippen LogP contribution >= 0.6 is 0 Å². The molecule has 0 saturated heterocycles. The van der Waals surface area contributed by atoms with E-state index in [4.69, 9.17) is 9.84 Å². The highest BCUT2D eigenvalue weighted by Crippen LogP contribution is 2.12. The van der Waals surface area contributed by atoms with Crippen molar-refractivity contribution in [1.82, 2.24) is 5.32 Å². The Morgan fingerprint density at radius 2 is 2.00 bits per heavy atom. The van der Waals surface area contributed by atoms with Gasteiger partial charge >= 0.3 is 0 Å². The minimum Gasteiger partial charge on any atom is -0.493 e. The van der Waals surface area contributed by atoms with Crippen LogP contribution < -0.4 is 10.1 Å². The molecule has 1 unspecified atom stereocenters. The Labute approximate surface area is 104 Å². The maximum absolute atomic E-state index is 9.11. The molecule has 0 aromatic heterocycles. The molecule has 2 N–H and O–H groups in total. The standard InChI is InChI=1S/C14H23NO2/c1-3-9-15-11-13-4-6-14(7-5-13)17-10-8-12(2)16/h4-7,12,15-16H,3,8-11H2,1-2H3. The molecule has 0 bridgehead atoms. The summed E-state index contributed by atoms with van der Waals surface area (Å²) in [6.45, 7) is 6.44. The van der Waals surface area contributed by atoms with E-state index in [1.54, 1.807) is 6.92 Å². The van der Waals surface area contributed by atoms with Crippen molar-refractivity contribution < 1.29 is 9.84 Å². The predicted molar refractivity (Wildman–Crippen MR) is 70.2 cm³/mol. The Kier molecular flexibility index (Phi) is 6.67. The fraction of sp³-hybridized carbons (Fsp3) is 0.571. The maximum atomic E-state index is 9.11. The summed E-state index contributed by atoms with van der Waals surface area (Å²) in [6.07, 6.45) is 1.52. The molecule has 1 atom stereocenters. The monoisotopic (exact) mass is 237 g/mol. The molecule has 17 heavy (non-hydrogen) atoms. The molecule has 96 valence electrons. The fourth-order valence-corrected chi connectivity index (χ4v) is 1.46. The van der Waals surface area contributed by atoms with Gasteiger partial charge in [-0.2, -0.15) is 0 Å². The van der Waals surface area contributed by atoms with Gasteiger partial charge in [0.1, 0.15) is 5.75 Å². The number of hydrogen-bond donors (Lipinski definition) is 2. The molecule has 0 aliphatic rings. The molecule has 0 aliphatic carbocycles. The topological polar surface area (TPSA) is 41.5 Å². The van der Waals surface area contributed by atoms with Crippen molar-refractivity contribution in [3.8, 4) is 5.75 Å². The lowest BCUT2D eigenvalue weighted by Gasteiger charge is -2.08. The number of rotatable bonds is 8. The zero-order chi connectivity index (χ0) is 12.5. The second kappa shape index (κ2) is 8.09. The van der Waals surface area contributed by atoms with Gasteiger partial charge < -0.3 is 15.2 Å². The first-order valence-electron chi connectivity index (χ1n) is 6.33. The van der Waals surface area contributed by atoms with Gasteiger partial charge in [-0.05, 0) is 37.6 Å². The van der Waals surface area contributed by atoms with Gasteiger partial charge in [0.05, 0.1) is 12.7 Å². The average Bonchev–Trinajstić information content (AvgIpc) is 2.31. The van der Waals surface area contributed by atoms with E-state index in [0.29, 0.717) is 13.0 Å². The zero-order valence-electron chi connectivity index (χ0n) is 10.8. The van der Waals surface area contributed by atoms with E-state index in [1.165, 1.54) is 5.56 Å². The van der Waals surface area contributed by atoms with Crippen molar-refractivity contribution in [2.24, 2.45) is 0 Å². The number of nitrogens with one attached hydrogen (secondary N) is 1. The average molecular weight is 237 g/mol. The summed E-state index contributed by atoms with van der Waals surface area (Å²) in [7, 11) is 0. The minimum absolute atomic E-state index is 0.299. The van der Waals surface area contributed by atoms with Crippen molar-refractivity contribution in [2.45, 2.75) is 39.3 Å². The molecule has 0 spiro atoms. The van der Waals surface area contributed by atoms with Crippen LogP contribution in [-0.4, -0.2) is 24.4 Å². The molecular weight excluding hydrogens is 214 g/mol. The van der Waals surface area contributed by atoms with Crippen LogP contribution in [0.3, 0.4) is 0 Å². The molecule has 1 aromatic rings. The number of hydrogen-bond acceptors (Lipinski definition) is 3. The number of aliphatic hydroxyl groups excluding tert-OH is 1. The van der Waals surface area contributed by atoms with E-state index in [9.17, 15) is 0 Å². The predicted octanol–water partition coefficient (Wildman–Crippen LogP) is 2.34. The molecule has 0 fully saturated rings. The minimum atomic E-state index is -0.299. The molecule has 0 heterocycles. The Morgan fingerprint density at radius 3 is 2.59 bits per heavy atom. The first kappa shape index (κ1) is 14.0. The summed E-state index contributed by atoms with van der Waals surface area (Å²) in [5.74, 6) is 0.866. The lowest BCUT2D eigenvalue weighted by atomic mass is 10.2. The second-order valence-corrected chi connectivity index (χ2v) is 4.31. The van der Waals surface area contributed by atoms with Crippen LogP contribution in [0.4, 0.5) is 0 Å². The van der Waals surface area contributed by atoms with Crippen molar-refractivity contribution >= 4 is 0 Å². The highest BCUT2D eigenvalue weighted by molar-refractivity contribution is 5.27. The summed E-state index contributed by atoms with van der Waals surface area (Å²) in [5, 5.41) is 12.5. The van der Waals surface area contributed by atoms with Crippen LogP contribution in [0.15, 0.2) is 24.3 Å². The van der Waals surface area contributed by atoms with Crippen molar-refractivity contribution in [2.75, 3.05) is 13.2 Å². The van der Waals surface area contributed by atoms with E-state index in [0.717, 1.165) is 25.3 Å².